The average Bonchev–Trinajstić information content (AvgIpc) is 2.43. The fourth-order valence-electron chi connectivity index (χ4n) is 1.63. The molecule has 0 radical (unpaired) electrons. The fourth-order valence-corrected chi connectivity index (χ4v) is 2.75. The van der Waals surface area contributed by atoms with Crippen molar-refractivity contribution in [2.75, 3.05) is 5.75 Å². The minimum atomic E-state index is -1.34. The van der Waals surface area contributed by atoms with Crippen molar-refractivity contribution >= 4 is 16.8 Å². The topological polar surface area (TPSA) is 63.6 Å². The molecule has 1 aliphatic rings. The molecule has 0 amide bonds. The molecule has 1 aliphatic heterocycles. The first-order valence-corrected chi connectivity index (χ1v) is 6.48. The van der Waals surface area contributed by atoms with Gasteiger partial charge >= 0.3 is 5.97 Å². The molecule has 1 fully saturated rings. The van der Waals surface area contributed by atoms with Crippen LogP contribution in [0.2, 0.25) is 0 Å². The highest BCUT2D eigenvalue weighted by Gasteiger charge is 2.33. The zero-order chi connectivity index (χ0) is 11.6. The molecule has 0 spiro atoms. The van der Waals surface area contributed by atoms with Gasteiger partial charge in [0.1, 0.15) is 5.25 Å². The van der Waals surface area contributed by atoms with Crippen LogP contribution in [0.3, 0.4) is 0 Å². The Morgan fingerprint density at radius 1 is 1.67 bits per heavy atom. The number of ether oxygens (including phenoxy) is 1. The van der Waals surface area contributed by atoms with Crippen molar-refractivity contribution in [1.82, 2.24) is 0 Å². The van der Waals surface area contributed by atoms with Crippen LogP contribution in [0.15, 0.2) is 0 Å². The molecule has 15 heavy (non-hydrogen) atoms. The monoisotopic (exact) mass is 234 g/mol. The third-order valence-corrected chi connectivity index (χ3v) is 4.34. The van der Waals surface area contributed by atoms with Crippen LogP contribution < -0.4 is 0 Å². The van der Waals surface area contributed by atoms with E-state index in [1.165, 1.54) is 6.92 Å². The molecule has 0 aromatic heterocycles. The van der Waals surface area contributed by atoms with E-state index in [0.29, 0.717) is 5.75 Å². The van der Waals surface area contributed by atoms with E-state index < -0.39 is 22.0 Å². The standard InChI is InChI=1S/C10H18O4S/c1-7(9(11)12)15(13)6-8-4-5-10(2,3)14-8/h7-8H,4-6H2,1-3H3,(H,11,12). The minimum Gasteiger partial charge on any atom is -0.480 e. The van der Waals surface area contributed by atoms with Crippen molar-refractivity contribution in [3.05, 3.63) is 0 Å². The van der Waals surface area contributed by atoms with E-state index in [1.807, 2.05) is 13.8 Å². The highest BCUT2D eigenvalue weighted by Crippen LogP contribution is 2.29. The molecule has 0 aromatic rings. The molecule has 1 saturated heterocycles. The first kappa shape index (κ1) is 12.6. The van der Waals surface area contributed by atoms with Gasteiger partial charge in [0.25, 0.3) is 0 Å². The van der Waals surface area contributed by atoms with Crippen molar-refractivity contribution in [1.29, 1.82) is 0 Å². The van der Waals surface area contributed by atoms with Gasteiger partial charge in [0.15, 0.2) is 0 Å². The second-order valence-electron chi connectivity index (χ2n) is 4.57. The lowest BCUT2D eigenvalue weighted by atomic mass is 10.1. The maximum absolute atomic E-state index is 11.6. The lowest BCUT2D eigenvalue weighted by molar-refractivity contribution is -0.136. The van der Waals surface area contributed by atoms with Crippen LogP contribution >= 0.6 is 0 Å². The Labute approximate surface area is 92.5 Å². The van der Waals surface area contributed by atoms with E-state index in [1.54, 1.807) is 0 Å². The lowest BCUT2D eigenvalue weighted by Gasteiger charge is -2.19. The number of hydrogen-bond donors (Lipinski definition) is 1. The van der Waals surface area contributed by atoms with Gasteiger partial charge in [-0.2, -0.15) is 0 Å². The largest absolute Gasteiger partial charge is 0.480 e. The zero-order valence-electron chi connectivity index (χ0n) is 9.36. The number of aliphatic carboxylic acids is 1. The predicted molar refractivity (Wildman–Crippen MR) is 58.3 cm³/mol. The van der Waals surface area contributed by atoms with E-state index >= 15 is 0 Å². The summed E-state index contributed by atoms with van der Waals surface area (Å²) in [6, 6.07) is 0. The van der Waals surface area contributed by atoms with Gasteiger partial charge in [-0.25, -0.2) is 0 Å². The van der Waals surface area contributed by atoms with Gasteiger partial charge in [0.05, 0.1) is 17.5 Å². The molecule has 88 valence electrons. The number of carbonyl (C=O) groups is 1. The summed E-state index contributed by atoms with van der Waals surface area (Å²) >= 11 is 0. The van der Waals surface area contributed by atoms with Crippen molar-refractivity contribution in [3.8, 4) is 0 Å². The molecule has 0 aromatic carbocycles. The Kier molecular flexibility index (Phi) is 3.89. The van der Waals surface area contributed by atoms with E-state index in [-0.39, 0.29) is 11.7 Å². The molecule has 1 rings (SSSR count). The molecule has 0 aliphatic carbocycles. The highest BCUT2D eigenvalue weighted by atomic mass is 32.2. The van der Waals surface area contributed by atoms with Crippen molar-refractivity contribution in [2.24, 2.45) is 0 Å². The first-order valence-electron chi connectivity index (χ1n) is 5.09. The van der Waals surface area contributed by atoms with Crippen LogP contribution in [-0.2, 0) is 20.3 Å². The highest BCUT2D eigenvalue weighted by molar-refractivity contribution is 7.86. The molecule has 4 nitrogen and oxygen atoms in total. The maximum atomic E-state index is 11.6. The SMILES string of the molecule is CC(C(=O)O)S(=O)CC1CCC(C)(C)O1. The van der Waals surface area contributed by atoms with E-state index in [0.717, 1.165) is 12.8 Å². The number of hydrogen-bond acceptors (Lipinski definition) is 3. The van der Waals surface area contributed by atoms with Crippen LogP contribution in [0.5, 0.6) is 0 Å². The van der Waals surface area contributed by atoms with Crippen LogP contribution in [0.1, 0.15) is 33.6 Å². The molecule has 3 unspecified atom stereocenters. The Morgan fingerprint density at radius 2 is 2.27 bits per heavy atom. The third kappa shape index (κ3) is 3.57. The number of rotatable bonds is 4. The van der Waals surface area contributed by atoms with E-state index in [9.17, 15) is 9.00 Å². The van der Waals surface area contributed by atoms with Crippen molar-refractivity contribution < 1.29 is 18.8 Å². The van der Waals surface area contributed by atoms with Crippen molar-refractivity contribution in [2.45, 2.75) is 50.6 Å². The lowest BCUT2D eigenvalue weighted by Crippen LogP contribution is -2.30. The average molecular weight is 234 g/mol. The van der Waals surface area contributed by atoms with Crippen molar-refractivity contribution in [3.63, 3.8) is 0 Å². The van der Waals surface area contributed by atoms with Crippen LogP contribution in [-0.4, -0.2) is 38.0 Å². The van der Waals surface area contributed by atoms with E-state index in [4.69, 9.17) is 9.84 Å². The predicted octanol–water partition coefficient (Wildman–Crippen LogP) is 1.17. The van der Waals surface area contributed by atoms with Gasteiger partial charge in [-0.3, -0.25) is 9.00 Å². The normalized spacial score (nSPS) is 28.6. The molecular formula is C10H18O4S. The summed E-state index contributed by atoms with van der Waals surface area (Å²) in [7, 11) is -1.34. The quantitative estimate of drug-likeness (QED) is 0.793. The van der Waals surface area contributed by atoms with Gasteiger partial charge in [0.2, 0.25) is 0 Å². The third-order valence-electron chi connectivity index (χ3n) is 2.65. The molecule has 1 heterocycles. The Bertz CT molecular complexity index is 275. The molecule has 0 saturated carbocycles. The molecule has 0 bridgehead atoms. The molecule has 5 heteroatoms. The van der Waals surface area contributed by atoms with Crippen LogP contribution in [0.25, 0.3) is 0 Å². The van der Waals surface area contributed by atoms with Gasteiger partial charge in [-0.15, -0.1) is 0 Å². The second-order valence-corrected chi connectivity index (χ2v) is 6.37. The summed E-state index contributed by atoms with van der Waals surface area (Å²) < 4.78 is 17.3. The summed E-state index contributed by atoms with van der Waals surface area (Å²) in [5, 5.41) is 7.89. The second kappa shape index (κ2) is 4.61. The fraction of sp³-hybridized carbons (Fsp3) is 0.900. The van der Waals surface area contributed by atoms with Crippen LogP contribution in [0, 0.1) is 0 Å². The molecular weight excluding hydrogens is 216 g/mol. The summed E-state index contributed by atoms with van der Waals surface area (Å²) in [5.41, 5.74) is -0.151. The maximum Gasteiger partial charge on any atom is 0.318 e. The zero-order valence-corrected chi connectivity index (χ0v) is 10.2. The Balaban J connectivity index is 2.43. The van der Waals surface area contributed by atoms with Gasteiger partial charge in [-0.05, 0) is 33.6 Å². The molecule has 3 atom stereocenters. The number of carboxylic acids is 1. The van der Waals surface area contributed by atoms with Crippen LogP contribution in [0.4, 0.5) is 0 Å². The summed E-state index contributed by atoms with van der Waals surface area (Å²) in [6.45, 7) is 5.46. The van der Waals surface area contributed by atoms with Gasteiger partial charge in [0, 0.05) is 10.8 Å². The van der Waals surface area contributed by atoms with Gasteiger partial charge in [-0.1, -0.05) is 0 Å². The Hall–Kier alpha value is -0.420. The van der Waals surface area contributed by atoms with E-state index in [2.05, 4.69) is 0 Å². The van der Waals surface area contributed by atoms with Gasteiger partial charge < -0.3 is 9.84 Å². The Morgan fingerprint density at radius 3 is 2.67 bits per heavy atom. The number of carboxylic acid groups (broad SMARTS) is 1. The minimum absolute atomic E-state index is 0.0531. The first-order chi connectivity index (χ1) is 6.82. The summed E-state index contributed by atoms with van der Waals surface area (Å²) in [5.74, 6) is -0.678. The summed E-state index contributed by atoms with van der Waals surface area (Å²) in [6.07, 6.45) is 1.75. The molecule has 1 N–H and O–H groups in total. The summed E-state index contributed by atoms with van der Waals surface area (Å²) in [4.78, 5) is 10.6. The smallest absolute Gasteiger partial charge is 0.318 e.